The summed E-state index contributed by atoms with van der Waals surface area (Å²) in [4.78, 5) is 20.4. The van der Waals surface area contributed by atoms with Gasteiger partial charge in [-0.25, -0.2) is 13.9 Å². The third-order valence-electron chi connectivity index (χ3n) is 2.24. The molecule has 2 aromatic heterocycles. The predicted molar refractivity (Wildman–Crippen MR) is 76.5 cm³/mol. The van der Waals surface area contributed by atoms with Crippen molar-refractivity contribution in [2.24, 2.45) is 0 Å². The maximum atomic E-state index is 12.8. The first-order valence-corrected chi connectivity index (χ1v) is 6.93. The zero-order chi connectivity index (χ0) is 14.2. The molecule has 0 saturated carbocycles. The minimum Gasteiger partial charge on any atom is -0.347 e. The van der Waals surface area contributed by atoms with Crippen LogP contribution in [0.5, 0.6) is 0 Å². The van der Waals surface area contributed by atoms with Crippen LogP contribution >= 0.6 is 28.3 Å². The topological polar surface area (TPSA) is 59.8 Å². The second-order valence-electron chi connectivity index (χ2n) is 5.01. The Morgan fingerprint density at radius 2 is 2.21 bits per heavy atom. The van der Waals surface area contributed by atoms with Gasteiger partial charge in [0.1, 0.15) is 10.1 Å². The van der Waals surface area contributed by atoms with Crippen molar-refractivity contribution in [3.8, 4) is 0 Å². The summed E-state index contributed by atoms with van der Waals surface area (Å²) in [5.41, 5.74) is 0.591. The predicted octanol–water partition coefficient (Wildman–Crippen LogP) is 3.10. The third-order valence-corrected chi connectivity index (χ3v) is 3.05. The second kappa shape index (κ2) is 5.09. The Bertz CT molecular complexity index is 637. The van der Waals surface area contributed by atoms with Crippen LogP contribution in [0.1, 0.15) is 31.1 Å². The Hall–Kier alpha value is -1.15. The van der Waals surface area contributed by atoms with Crippen molar-refractivity contribution in [1.29, 1.82) is 0 Å². The van der Waals surface area contributed by atoms with Crippen molar-refractivity contribution in [2.75, 3.05) is 0 Å². The van der Waals surface area contributed by atoms with Gasteiger partial charge in [0.2, 0.25) is 0 Å². The minimum absolute atomic E-state index is 0.0208. The molecule has 0 aliphatic carbocycles. The Balaban J connectivity index is 2.54. The molecule has 0 spiro atoms. The van der Waals surface area contributed by atoms with E-state index in [1.807, 2.05) is 20.8 Å². The molecular weight excluding hydrogens is 335 g/mol. The van der Waals surface area contributed by atoms with Crippen LogP contribution in [0.4, 0.5) is 3.89 Å². The highest BCUT2D eigenvalue weighted by Gasteiger charge is 2.22. The second-order valence-corrected chi connectivity index (χ2v) is 6.35. The highest BCUT2D eigenvalue weighted by Crippen LogP contribution is 2.24. The summed E-state index contributed by atoms with van der Waals surface area (Å²) in [6, 6.07) is 0. The number of fused-ring (bicyclic) bond motifs is 1. The van der Waals surface area contributed by atoms with Crippen LogP contribution in [0.2, 0.25) is 0 Å². The summed E-state index contributed by atoms with van der Waals surface area (Å²) in [7, 11) is 0. The van der Waals surface area contributed by atoms with E-state index in [0.29, 0.717) is 21.3 Å². The standard InChI is InChI=1S/C11H12BrFN4OS/c1-11(2,3)16-10(18)6-5-17(19-13)9-8(6)15-7(12)4-14-9/h4-5H,1-3H3,(H,16,18). The zero-order valence-electron chi connectivity index (χ0n) is 10.6. The van der Waals surface area contributed by atoms with E-state index in [9.17, 15) is 8.68 Å². The molecule has 0 radical (unpaired) electrons. The van der Waals surface area contributed by atoms with Crippen LogP contribution in [0.3, 0.4) is 0 Å². The van der Waals surface area contributed by atoms with Crippen molar-refractivity contribution in [3.05, 3.63) is 22.6 Å². The van der Waals surface area contributed by atoms with Crippen molar-refractivity contribution < 1.29 is 8.68 Å². The molecule has 0 bridgehead atoms. The van der Waals surface area contributed by atoms with Crippen molar-refractivity contribution in [2.45, 2.75) is 26.3 Å². The normalized spacial score (nSPS) is 11.8. The summed E-state index contributed by atoms with van der Waals surface area (Å²) in [5.74, 6) is -0.308. The van der Waals surface area contributed by atoms with E-state index in [-0.39, 0.29) is 23.8 Å². The summed E-state index contributed by atoms with van der Waals surface area (Å²) >= 11 is 3.17. The number of nitrogens with one attached hydrogen (secondary N) is 1. The molecule has 2 aromatic rings. The number of hydrogen-bond acceptors (Lipinski definition) is 4. The van der Waals surface area contributed by atoms with Gasteiger partial charge in [-0.15, -0.1) is 3.89 Å². The van der Waals surface area contributed by atoms with E-state index in [0.717, 1.165) is 0 Å². The van der Waals surface area contributed by atoms with Crippen molar-refractivity contribution >= 4 is 45.3 Å². The zero-order valence-corrected chi connectivity index (χ0v) is 13.0. The van der Waals surface area contributed by atoms with Gasteiger partial charge in [0, 0.05) is 11.7 Å². The number of hydrogen-bond donors (Lipinski definition) is 1. The first-order chi connectivity index (χ1) is 8.81. The summed E-state index contributed by atoms with van der Waals surface area (Å²) in [6.07, 6.45) is 2.85. The molecule has 8 heteroatoms. The Labute approximate surface area is 122 Å². The third kappa shape index (κ3) is 3.06. The van der Waals surface area contributed by atoms with E-state index in [1.165, 1.54) is 16.4 Å². The van der Waals surface area contributed by atoms with Gasteiger partial charge in [-0.2, -0.15) is 0 Å². The number of rotatable bonds is 2. The lowest BCUT2D eigenvalue weighted by atomic mass is 10.1. The maximum Gasteiger partial charge on any atom is 0.255 e. The molecule has 0 aliphatic rings. The molecule has 102 valence electrons. The Morgan fingerprint density at radius 3 is 2.79 bits per heavy atom. The lowest BCUT2D eigenvalue weighted by molar-refractivity contribution is 0.0921. The van der Waals surface area contributed by atoms with E-state index >= 15 is 0 Å². The average molecular weight is 347 g/mol. The molecule has 0 saturated heterocycles. The largest absolute Gasteiger partial charge is 0.347 e. The first kappa shape index (κ1) is 14.3. The summed E-state index contributed by atoms with van der Waals surface area (Å²) in [6.45, 7) is 5.61. The Kier molecular flexibility index (Phi) is 3.82. The number of amides is 1. The van der Waals surface area contributed by atoms with E-state index in [2.05, 4.69) is 31.2 Å². The number of halogens is 2. The molecule has 0 fully saturated rings. The van der Waals surface area contributed by atoms with E-state index < -0.39 is 0 Å². The van der Waals surface area contributed by atoms with Gasteiger partial charge in [-0.05, 0) is 36.7 Å². The first-order valence-electron chi connectivity index (χ1n) is 5.47. The molecule has 0 aliphatic heterocycles. The van der Waals surface area contributed by atoms with Crippen LogP contribution < -0.4 is 5.32 Å². The maximum absolute atomic E-state index is 12.8. The lowest BCUT2D eigenvalue weighted by Crippen LogP contribution is -2.40. The van der Waals surface area contributed by atoms with Gasteiger partial charge in [-0.1, -0.05) is 0 Å². The van der Waals surface area contributed by atoms with Gasteiger partial charge in [0.15, 0.2) is 18.0 Å². The Morgan fingerprint density at radius 1 is 1.53 bits per heavy atom. The lowest BCUT2D eigenvalue weighted by Gasteiger charge is -2.19. The molecular formula is C11H12BrFN4OS. The minimum atomic E-state index is -0.381. The van der Waals surface area contributed by atoms with Crippen molar-refractivity contribution in [3.63, 3.8) is 0 Å². The number of nitrogens with zero attached hydrogens (tertiary/aromatic N) is 3. The fourth-order valence-electron chi connectivity index (χ4n) is 1.57. The van der Waals surface area contributed by atoms with Gasteiger partial charge >= 0.3 is 0 Å². The van der Waals surface area contributed by atoms with Crippen LogP contribution in [0.15, 0.2) is 17.0 Å². The quantitative estimate of drug-likeness (QED) is 0.907. The molecule has 2 heterocycles. The number of aromatic nitrogens is 3. The van der Waals surface area contributed by atoms with Crippen LogP contribution in [-0.4, -0.2) is 25.4 Å². The summed E-state index contributed by atoms with van der Waals surface area (Å²) in [5, 5.41) is 2.82. The average Bonchev–Trinajstić information content (AvgIpc) is 2.64. The molecule has 5 nitrogen and oxygen atoms in total. The van der Waals surface area contributed by atoms with Crippen molar-refractivity contribution in [1.82, 2.24) is 19.3 Å². The molecule has 19 heavy (non-hydrogen) atoms. The van der Waals surface area contributed by atoms with Gasteiger partial charge in [0.05, 0.1) is 11.8 Å². The summed E-state index contributed by atoms with van der Waals surface area (Å²) < 4.78 is 14.5. The number of carbonyl (C=O) groups is 1. The van der Waals surface area contributed by atoms with Crippen LogP contribution in [-0.2, 0) is 0 Å². The number of carbonyl (C=O) groups excluding carboxylic acids is 1. The van der Waals surface area contributed by atoms with Gasteiger partial charge in [0.25, 0.3) is 5.91 Å². The monoisotopic (exact) mass is 346 g/mol. The molecule has 1 N–H and O–H groups in total. The SMILES string of the molecule is CC(C)(C)NC(=O)c1cn(SF)c2ncc(Br)nc12. The fraction of sp³-hybridized carbons (Fsp3) is 0.364. The highest BCUT2D eigenvalue weighted by molar-refractivity contribution is 9.10. The molecule has 1 amide bonds. The molecule has 0 unspecified atom stereocenters. The van der Waals surface area contributed by atoms with Crippen LogP contribution in [0, 0.1) is 0 Å². The van der Waals surface area contributed by atoms with Gasteiger partial charge in [-0.3, -0.25) is 4.79 Å². The van der Waals surface area contributed by atoms with Gasteiger partial charge < -0.3 is 5.32 Å². The molecule has 0 aromatic carbocycles. The van der Waals surface area contributed by atoms with E-state index in [1.54, 1.807) is 0 Å². The van der Waals surface area contributed by atoms with E-state index in [4.69, 9.17) is 0 Å². The molecule has 0 atom stereocenters. The molecule has 2 rings (SSSR count). The highest BCUT2D eigenvalue weighted by atomic mass is 79.9. The van der Waals surface area contributed by atoms with Crippen LogP contribution in [0.25, 0.3) is 11.2 Å². The fourth-order valence-corrected chi connectivity index (χ4v) is 2.19. The smallest absolute Gasteiger partial charge is 0.255 e.